The van der Waals surface area contributed by atoms with E-state index >= 15 is 0 Å². The van der Waals surface area contributed by atoms with Gasteiger partial charge in [0, 0.05) is 34.1 Å². The highest BCUT2D eigenvalue weighted by atomic mass is 16.5. The Bertz CT molecular complexity index is 1380. The van der Waals surface area contributed by atoms with Gasteiger partial charge < -0.3 is 14.1 Å². The van der Waals surface area contributed by atoms with E-state index in [2.05, 4.69) is 47.1 Å². The van der Waals surface area contributed by atoms with Crippen molar-refractivity contribution in [3.05, 3.63) is 128 Å². The Balaban J connectivity index is 1.66. The number of allylic oxidation sites excluding steroid dienone is 3. The number of carbonyl (C=O) groups is 1. The summed E-state index contributed by atoms with van der Waals surface area (Å²) in [6.07, 6.45) is 8.59. The summed E-state index contributed by atoms with van der Waals surface area (Å²) >= 11 is 0. The quantitative estimate of drug-likeness (QED) is 0.158. The monoisotopic (exact) mass is 447 g/mol. The number of fused-ring (bicyclic) bond motifs is 1. The first-order valence-electron chi connectivity index (χ1n) is 10.8. The standard InChI is InChI=1S/C30H25NO3/c1-4-9-25(5-2)31(26-10-7-6-8-11-26)27-17-15-23(16-18-27)29-21-24-14-12-22(20-28(24)34-29)13-19-30(32)33-3/h4-21H,1-2H2,3H3/b19-13+,25-9+. The van der Waals surface area contributed by atoms with Crippen LogP contribution in [-0.2, 0) is 9.53 Å². The van der Waals surface area contributed by atoms with Gasteiger partial charge in [0.05, 0.1) is 7.11 Å². The number of para-hydroxylation sites is 1. The summed E-state index contributed by atoms with van der Waals surface area (Å²) in [5.74, 6) is 0.375. The van der Waals surface area contributed by atoms with Crippen LogP contribution in [0.5, 0.6) is 0 Å². The van der Waals surface area contributed by atoms with Crippen LogP contribution in [0.2, 0.25) is 0 Å². The van der Waals surface area contributed by atoms with Crippen LogP contribution in [0, 0.1) is 0 Å². The van der Waals surface area contributed by atoms with E-state index < -0.39 is 5.97 Å². The summed E-state index contributed by atoms with van der Waals surface area (Å²) in [6.45, 7) is 7.81. The molecule has 34 heavy (non-hydrogen) atoms. The minimum atomic E-state index is -0.396. The van der Waals surface area contributed by atoms with Gasteiger partial charge in [-0.05, 0) is 72.3 Å². The highest BCUT2D eigenvalue weighted by Gasteiger charge is 2.13. The third-order valence-electron chi connectivity index (χ3n) is 5.34. The molecule has 4 aromatic rings. The Hall–Kier alpha value is -4.57. The van der Waals surface area contributed by atoms with Gasteiger partial charge in [-0.2, -0.15) is 0 Å². The molecule has 0 spiro atoms. The summed E-state index contributed by atoms with van der Waals surface area (Å²) in [5, 5.41) is 0.989. The van der Waals surface area contributed by atoms with E-state index in [9.17, 15) is 4.79 Å². The topological polar surface area (TPSA) is 42.7 Å². The maximum absolute atomic E-state index is 11.4. The average Bonchev–Trinajstić information content (AvgIpc) is 3.31. The molecule has 0 aliphatic carbocycles. The second-order valence-corrected chi connectivity index (χ2v) is 7.51. The normalized spacial score (nSPS) is 11.5. The molecule has 4 nitrogen and oxygen atoms in total. The van der Waals surface area contributed by atoms with Crippen molar-refractivity contribution < 1.29 is 13.9 Å². The number of nitrogens with zero attached hydrogens (tertiary/aromatic N) is 1. The minimum absolute atomic E-state index is 0.396. The minimum Gasteiger partial charge on any atom is -0.466 e. The molecule has 168 valence electrons. The maximum atomic E-state index is 11.4. The predicted molar refractivity (Wildman–Crippen MR) is 140 cm³/mol. The number of furan rings is 1. The van der Waals surface area contributed by atoms with E-state index in [1.54, 1.807) is 12.2 Å². The van der Waals surface area contributed by atoms with Crippen molar-refractivity contribution in [1.82, 2.24) is 0 Å². The van der Waals surface area contributed by atoms with Crippen molar-refractivity contribution in [3.63, 3.8) is 0 Å². The molecule has 4 rings (SSSR count). The first kappa shape index (κ1) is 22.6. The number of ether oxygens (including phenoxy) is 1. The zero-order chi connectivity index (χ0) is 23.9. The Labute approximate surface area is 199 Å². The van der Waals surface area contributed by atoms with Crippen molar-refractivity contribution in [2.24, 2.45) is 0 Å². The summed E-state index contributed by atoms with van der Waals surface area (Å²) in [6, 6.07) is 26.1. The summed E-state index contributed by atoms with van der Waals surface area (Å²) < 4.78 is 10.8. The molecule has 0 N–H and O–H groups in total. The number of carbonyl (C=O) groups excluding carboxylic acids is 1. The molecular weight excluding hydrogens is 422 g/mol. The number of hydrogen-bond donors (Lipinski definition) is 0. The highest BCUT2D eigenvalue weighted by Crippen LogP contribution is 2.34. The van der Waals surface area contributed by atoms with Crippen LogP contribution in [0.25, 0.3) is 28.4 Å². The Kier molecular flexibility index (Phi) is 6.89. The maximum Gasteiger partial charge on any atom is 0.330 e. The first-order chi connectivity index (χ1) is 16.6. The fraction of sp³-hybridized carbons (Fsp3) is 0.0333. The van der Waals surface area contributed by atoms with Gasteiger partial charge in [0.15, 0.2) is 0 Å². The highest BCUT2D eigenvalue weighted by molar-refractivity contribution is 5.89. The van der Waals surface area contributed by atoms with Crippen LogP contribution < -0.4 is 4.90 Å². The van der Waals surface area contributed by atoms with E-state index in [1.807, 2.05) is 66.7 Å². The third kappa shape index (κ3) is 4.92. The lowest BCUT2D eigenvalue weighted by molar-refractivity contribution is -0.134. The number of methoxy groups -OCH3 is 1. The largest absolute Gasteiger partial charge is 0.466 e. The van der Waals surface area contributed by atoms with Gasteiger partial charge >= 0.3 is 5.97 Å². The van der Waals surface area contributed by atoms with Gasteiger partial charge in [0.25, 0.3) is 0 Å². The van der Waals surface area contributed by atoms with Gasteiger partial charge in [-0.1, -0.05) is 49.6 Å². The second-order valence-electron chi connectivity index (χ2n) is 7.51. The zero-order valence-corrected chi connectivity index (χ0v) is 19.0. The fourth-order valence-electron chi connectivity index (χ4n) is 3.68. The molecule has 0 saturated carbocycles. The van der Waals surface area contributed by atoms with E-state index in [-0.39, 0.29) is 0 Å². The molecule has 0 radical (unpaired) electrons. The lowest BCUT2D eigenvalue weighted by atomic mass is 10.1. The molecule has 1 heterocycles. The molecule has 0 aliphatic heterocycles. The van der Waals surface area contributed by atoms with Crippen molar-refractivity contribution >= 4 is 34.4 Å². The predicted octanol–water partition coefficient (Wildman–Crippen LogP) is 7.68. The lowest BCUT2D eigenvalue weighted by Crippen LogP contribution is -2.14. The number of anilines is 2. The summed E-state index contributed by atoms with van der Waals surface area (Å²) in [7, 11) is 1.35. The second kappa shape index (κ2) is 10.4. The summed E-state index contributed by atoms with van der Waals surface area (Å²) in [5.41, 5.74) is 5.52. The molecule has 0 aliphatic rings. The number of rotatable bonds is 8. The van der Waals surface area contributed by atoms with E-state index in [4.69, 9.17) is 4.42 Å². The molecule has 4 heteroatoms. The molecular formula is C30H25NO3. The van der Waals surface area contributed by atoms with Crippen LogP contribution in [0.4, 0.5) is 11.4 Å². The van der Waals surface area contributed by atoms with Crippen LogP contribution in [-0.4, -0.2) is 13.1 Å². The van der Waals surface area contributed by atoms with Gasteiger partial charge in [-0.25, -0.2) is 4.79 Å². The van der Waals surface area contributed by atoms with E-state index in [0.29, 0.717) is 0 Å². The van der Waals surface area contributed by atoms with Crippen LogP contribution in [0.15, 0.2) is 126 Å². The van der Waals surface area contributed by atoms with Gasteiger partial charge in [-0.3, -0.25) is 0 Å². The average molecular weight is 448 g/mol. The Morgan fingerprint density at radius 1 is 0.941 bits per heavy atom. The molecule has 0 amide bonds. The molecule has 0 bridgehead atoms. The molecule has 0 atom stereocenters. The van der Waals surface area contributed by atoms with Crippen LogP contribution in [0.1, 0.15) is 5.56 Å². The lowest BCUT2D eigenvalue weighted by Gasteiger charge is -2.26. The molecule has 0 fully saturated rings. The van der Waals surface area contributed by atoms with E-state index in [1.165, 1.54) is 13.2 Å². The first-order valence-corrected chi connectivity index (χ1v) is 10.8. The molecule has 3 aromatic carbocycles. The van der Waals surface area contributed by atoms with Crippen molar-refractivity contribution in [3.8, 4) is 11.3 Å². The van der Waals surface area contributed by atoms with Gasteiger partial charge in [0.1, 0.15) is 11.3 Å². The number of hydrogen-bond acceptors (Lipinski definition) is 4. The Morgan fingerprint density at radius 3 is 2.35 bits per heavy atom. The van der Waals surface area contributed by atoms with Crippen molar-refractivity contribution in [2.45, 2.75) is 0 Å². The number of esters is 1. The fourth-order valence-corrected chi connectivity index (χ4v) is 3.68. The SMILES string of the molecule is C=C/C=C(\C=C)N(c1ccccc1)c1ccc(-c2cc3ccc(/C=C/C(=O)OC)cc3o2)cc1. The van der Waals surface area contributed by atoms with Gasteiger partial charge in [-0.15, -0.1) is 0 Å². The van der Waals surface area contributed by atoms with Crippen molar-refractivity contribution in [1.29, 1.82) is 0 Å². The number of benzene rings is 3. The Morgan fingerprint density at radius 2 is 1.68 bits per heavy atom. The van der Waals surface area contributed by atoms with Gasteiger partial charge in [0.2, 0.25) is 0 Å². The molecule has 1 aromatic heterocycles. The van der Waals surface area contributed by atoms with Crippen molar-refractivity contribution in [2.75, 3.05) is 12.0 Å². The smallest absolute Gasteiger partial charge is 0.330 e. The molecule has 0 saturated heterocycles. The van der Waals surface area contributed by atoms with Crippen LogP contribution in [0.3, 0.4) is 0 Å². The third-order valence-corrected chi connectivity index (χ3v) is 5.34. The van der Waals surface area contributed by atoms with E-state index in [0.717, 1.165) is 44.9 Å². The molecule has 0 unspecified atom stereocenters. The summed E-state index contributed by atoms with van der Waals surface area (Å²) in [4.78, 5) is 13.5. The zero-order valence-electron chi connectivity index (χ0n) is 19.0. The van der Waals surface area contributed by atoms with Crippen LogP contribution >= 0.6 is 0 Å².